The molecule has 1 nitrogen and oxygen atoms in total. The molecule has 0 aromatic heterocycles. The van der Waals surface area contributed by atoms with E-state index in [9.17, 15) is 18.3 Å². The summed E-state index contributed by atoms with van der Waals surface area (Å²) in [7, 11) is 0. The van der Waals surface area contributed by atoms with E-state index in [1.54, 1.807) is 30.3 Å². The molecule has 0 aliphatic carbocycles. The lowest BCUT2D eigenvalue weighted by atomic mass is 9.92. The first-order valence-electron chi connectivity index (χ1n) is 5.76. The van der Waals surface area contributed by atoms with Crippen molar-refractivity contribution in [3.63, 3.8) is 0 Å². The zero-order valence-electron chi connectivity index (χ0n) is 10.5. The monoisotopic (exact) mass is 265 g/mol. The van der Waals surface area contributed by atoms with Gasteiger partial charge in [-0.2, -0.15) is 13.2 Å². The van der Waals surface area contributed by atoms with Crippen molar-refractivity contribution in [2.45, 2.75) is 20.0 Å². The zero-order valence-corrected chi connectivity index (χ0v) is 10.5. The van der Waals surface area contributed by atoms with Crippen molar-refractivity contribution >= 4 is 0 Å². The Balaban J connectivity index is 2.81. The van der Waals surface area contributed by atoms with E-state index in [0.29, 0.717) is 5.56 Å². The van der Waals surface area contributed by atoms with Gasteiger partial charge in [-0.15, -0.1) is 0 Å². The molecule has 0 bridgehead atoms. The fourth-order valence-corrected chi connectivity index (χ4v) is 2.10. The highest BCUT2D eigenvalue weighted by Gasteiger charge is 2.36. The van der Waals surface area contributed by atoms with E-state index in [1.807, 2.05) is 0 Å². The van der Waals surface area contributed by atoms with Gasteiger partial charge in [0.15, 0.2) is 5.75 Å². The maximum Gasteiger partial charge on any atom is 0.417 e. The molecule has 0 amide bonds. The van der Waals surface area contributed by atoms with Crippen LogP contribution in [0.25, 0.3) is 11.1 Å². The topological polar surface area (TPSA) is 19.9 Å². The van der Waals surface area contributed by atoms with Crippen molar-refractivity contribution in [2.75, 3.05) is 0 Å². The minimum Gasteiger partial charge on any atom is -0.290 e. The largest absolute Gasteiger partial charge is 0.417 e. The molecule has 2 rings (SSSR count). The molecule has 4 heteroatoms. The van der Waals surface area contributed by atoms with E-state index in [2.05, 4.69) is 0 Å². The highest BCUT2D eigenvalue weighted by atomic mass is 19.4. The second-order valence-corrected chi connectivity index (χ2v) is 4.41. The Labute approximate surface area is 109 Å². The summed E-state index contributed by atoms with van der Waals surface area (Å²) in [6.45, 7) is 2.76. The number of hydrogen-bond acceptors (Lipinski definition) is 0. The van der Waals surface area contributed by atoms with Crippen LogP contribution in [0.15, 0.2) is 36.4 Å². The van der Waals surface area contributed by atoms with Crippen LogP contribution in [0, 0.1) is 13.8 Å². The molecule has 0 atom stereocenters. The average molecular weight is 265 g/mol. The number of rotatable bonds is 1. The number of benzene rings is 2. The standard InChI is InChI=1S/C15H12F3O/c1-9-10(2)14(15(16,17)18)12(8-13(9)19)11-6-4-3-5-7-11/h3-8H,1-2H3. The van der Waals surface area contributed by atoms with Crippen molar-refractivity contribution in [3.05, 3.63) is 53.1 Å². The van der Waals surface area contributed by atoms with Crippen molar-refractivity contribution in [2.24, 2.45) is 0 Å². The molecule has 0 spiro atoms. The quantitative estimate of drug-likeness (QED) is 0.681. The smallest absolute Gasteiger partial charge is 0.290 e. The van der Waals surface area contributed by atoms with E-state index in [0.717, 1.165) is 6.07 Å². The Kier molecular flexibility index (Phi) is 3.27. The average Bonchev–Trinajstić information content (AvgIpc) is 2.35. The lowest BCUT2D eigenvalue weighted by molar-refractivity contribution is -0.137. The Morgan fingerprint density at radius 2 is 1.53 bits per heavy atom. The van der Waals surface area contributed by atoms with Crippen LogP contribution < -0.4 is 0 Å². The lowest BCUT2D eigenvalue weighted by Gasteiger charge is -2.18. The highest BCUT2D eigenvalue weighted by Crippen LogP contribution is 2.43. The minimum absolute atomic E-state index is 0.00106. The van der Waals surface area contributed by atoms with Gasteiger partial charge in [-0.25, -0.2) is 0 Å². The molecular formula is C15H12F3O. The molecule has 0 saturated carbocycles. The van der Waals surface area contributed by atoms with E-state index < -0.39 is 11.7 Å². The predicted molar refractivity (Wildman–Crippen MR) is 66.5 cm³/mol. The third-order valence-corrected chi connectivity index (χ3v) is 3.22. The first kappa shape index (κ1) is 13.5. The Morgan fingerprint density at radius 3 is 2.05 bits per heavy atom. The van der Waals surface area contributed by atoms with Gasteiger partial charge in [0.2, 0.25) is 0 Å². The Hall–Kier alpha value is -1.97. The van der Waals surface area contributed by atoms with Crippen LogP contribution in [0.3, 0.4) is 0 Å². The molecule has 2 aromatic rings. The number of halogens is 3. The van der Waals surface area contributed by atoms with E-state index in [-0.39, 0.29) is 22.4 Å². The van der Waals surface area contributed by atoms with E-state index in [1.165, 1.54) is 13.8 Å². The fraction of sp³-hybridized carbons (Fsp3) is 0.200. The van der Waals surface area contributed by atoms with Crippen molar-refractivity contribution in [1.29, 1.82) is 0 Å². The predicted octanol–water partition coefficient (Wildman–Crippen LogP) is 5.13. The van der Waals surface area contributed by atoms with Gasteiger partial charge in [0, 0.05) is 0 Å². The SMILES string of the molecule is Cc1c([O])cc(-c2ccccc2)c(C(F)(F)F)c1C. The summed E-state index contributed by atoms with van der Waals surface area (Å²) in [5, 5.41) is 11.7. The van der Waals surface area contributed by atoms with Gasteiger partial charge in [-0.05, 0) is 42.2 Å². The van der Waals surface area contributed by atoms with Gasteiger partial charge in [0.1, 0.15) is 0 Å². The van der Waals surface area contributed by atoms with Crippen LogP contribution in [0.5, 0.6) is 5.75 Å². The summed E-state index contributed by atoms with van der Waals surface area (Å²) in [5.41, 5.74) is -0.238. The molecule has 2 aromatic carbocycles. The first-order valence-corrected chi connectivity index (χ1v) is 5.76. The summed E-state index contributed by atoms with van der Waals surface area (Å²) in [5.74, 6) is -0.371. The summed E-state index contributed by atoms with van der Waals surface area (Å²) < 4.78 is 39.6. The molecule has 0 aliphatic rings. The molecule has 0 aliphatic heterocycles. The van der Waals surface area contributed by atoms with Crippen LogP contribution in [0.1, 0.15) is 16.7 Å². The summed E-state index contributed by atoms with van der Waals surface area (Å²) in [6.07, 6.45) is -4.48. The molecule has 0 saturated heterocycles. The van der Waals surface area contributed by atoms with Crippen LogP contribution in [-0.2, 0) is 11.3 Å². The molecule has 19 heavy (non-hydrogen) atoms. The molecule has 0 unspecified atom stereocenters. The summed E-state index contributed by atoms with van der Waals surface area (Å²) in [4.78, 5) is 0. The van der Waals surface area contributed by atoms with Crippen molar-refractivity contribution in [3.8, 4) is 16.9 Å². The van der Waals surface area contributed by atoms with E-state index in [4.69, 9.17) is 0 Å². The third-order valence-electron chi connectivity index (χ3n) is 3.22. The molecular weight excluding hydrogens is 253 g/mol. The van der Waals surface area contributed by atoms with Crippen LogP contribution >= 0.6 is 0 Å². The van der Waals surface area contributed by atoms with Crippen molar-refractivity contribution in [1.82, 2.24) is 0 Å². The summed E-state index contributed by atoms with van der Waals surface area (Å²) >= 11 is 0. The van der Waals surface area contributed by atoms with Gasteiger partial charge >= 0.3 is 6.18 Å². The molecule has 0 N–H and O–H groups in total. The Bertz CT molecular complexity index is 601. The zero-order chi connectivity index (χ0) is 14.2. The second-order valence-electron chi connectivity index (χ2n) is 4.41. The maximum absolute atomic E-state index is 13.2. The Morgan fingerprint density at radius 1 is 0.947 bits per heavy atom. The van der Waals surface area contributed by atoms with Gasteiger partial charge in [-0.1, -0.05) is 30.3 Å². The highest BCUT2D eigenvalue weighted by molar-refractivity contribution is 5.72. The van der Waals surface area contributed by atoms with Gasteiger partial charge in [0.25, 0.3) is 0 Å². The normalized spacial score (nSPS) is 11.6. The second kappa shape index (κ2) is 4.61. The number of hydrogen-bond donors (Lipinski definition) is 0. The van der Waals surface area contributed by atoms with Crippen LogP contribution in [-0.4, -0.2) is 0 Å². The minimum atomic E-state index is -4.48. The van der Waals surface area contributed by atoms with Gasteiger partial charge < -0.3 is 0 Å². The third kappa shape index (κ3) is 2.43. The van der Waals surface area contributed by atoms with Crippen molar-refractivity contribution < 1.29 is 18.3 Å². The van der Waals surface area contributed by atoms with E-state index >= 15 is 0 Å². The maximum atomic E-state index is 13.2. The van der Waals surface area contributed by atoms with Crippen LogP contribution in [0.4, 0.5) is 13.2 Å². The fourth-order valence-electron chi connectivity index (χ4n) is 2.10. The van der Waals surface area contributed by atoms with Gasteiger partial charge in [-0.3, -0.25) is 5.11 Å². The first-order chi connectivity index (χ1) is 8.82. The van der Waals surface area contributed by atoms with Gasteiger partial charge in [0.05, 0.1) is 5.56 Å². The number of alkyl halides is 3. The molecule has 0 fully saturated rings. The molecule has 99 valence electrons. The summed E-state index contributed by atoms with van der Waals surface area (Å²) in [6, 6.07) is 9.22. The van der Waals surface area contributed by atoms with Crippen LogP contribution in [0.2, 0.25) is 0 Å². The molecule has 0 heterocycles. The molecule has 1 radical (unpaired) electrons. The lowest BCUT2D eigenvalue weighted by Crippen LogP contribution is -2.11.